The van der Waals surface area contributed by atoms with E-state index in [-0.39, 0.29) is 0 Å². The molecule has 0 radical (unpaired) electrons. The number of hydrogen-bond donors (Lipinski definition) is 0. The molecule has 0 spiro atoms. The summed E-state index contributed by atoms with van der Waals surface area (Å²) >= 11 is 3.36. The zero-order valence-corrected chi connectivity index (χ0v) is 12.1. The van der Waals surface area contributed by atoms with Crippen molar-refractivity contribution in [1.82, 2.24) is 4.98 Å². The van der Waals surface area contributed by atoms with Gasteiger partial charge in [-0.3, -0.25) is 0 Å². The summed E-state index contributed by atoms with van der Waals surface area (Å²) in [6, 6.07) is 14.3. The van der Waals surface area contributed by atoms with Gasteiger partial charge in [0.1, 0.15) is 4.60 Å². The van der Waals surface area contributed by atoms with Crippen LogP contribution in [0.25, 0.3) is 12.2 Å². The second-order valence-electron chi connectivity index (χ2n) is 4.20. The van der Waals surface area contributed by atoms with E-state index in [2.05, 4.69) is 56.2 Å². The minimum atomic E-state index is 0.854. The first kappa shape index (κ1) is 12.8. The first-order valence-corrected chi connectivity index (χ1v) is 6.52. The third-order valence-corrected chi connectivity index (χ3v) is 3.03. The topological polar surface area (TPSA) is 16.1 Å². The minimum Gasteiger partial charge on any atom is -0.378 e. The van der Waals surface area contributed by atoms with Crippen molar-refractivity contribution in [2.75, 3.05) is 19.0 Å². The quantitative estimate of drug-likeness (QED) is 0.794. The predicted molar refractivity (Wildman–Crippen MR) is 81.6 cm³/mol. The Labute approximate surface area is 116 Å². The number of rotatable bonds is 3. The van der Waals surface area contributed by atoms with Gasteiger partial charge in [0.2, 0.25) is 0 Å². The first-order valence-electron chi connectivity index (χ1n) is 5.73. The fraction of sp³-hybridized carbons (Fsp3) is 0.133. The van der Waals surface area contributed by atoms with Gasteiger partial charge in [-0.25, -0.2) is 4.98 Å². The van der Waals surface area contributed by atoms with Crippen molar-refractivity contribution in [3.8, 4) is 0 Å². The SMILES string of the molecule is CN(C)c1ccc(/C=C/c2cccc(Br)n2)cc1. The molecule has 2 nitrogen and oxygen atoms in total. The number of anilines is 1. The normalized spacial score (nSPS) is 10.8. The maximum atomic E-state index is 4.36. The first-order chi connectivity index (χ1) is 8.65. The molecule has 18 heavy (non-hydrogen) atoms. The molecule has 0 unspecified atom stereocenters. The molecule has 1 aromatic heterocycles. The van der Waals surface area contributed by atoms with E-state index < -0.39 is 0 Å². The van der Waals surface area contributed by atoms with Gasteiger partial charge < -0.3 is 4.90 Å². The standard InChI is InChI=1S/C15H15BrN2/c1-18(2)14-10-7-12(8-11-14)6-9-13-4-3-5-15(16)17-13/h3-11H,1-2H3/b9-6+. The van der Waals surface area contributed by atoms with Gasteiger partial charge in [0.05, 0.1) is 5.69 Å². The fourth-order valence-electron chi connectivity index (χ4n) is 1.58. The number of nitrogens with zero attached hydrogens (tertiary/aromatic N) is 2. The molecule has 0 aliphatic rings. The van der Waals surface area contributed by atoms with Crippen LogP contribution < -0.4 is 4.90 Å². The van der Waals surface area contributed by atoms with Gasteiger partial charge in [-0.15, -0.1) is 0 Å². The molecule has 0 aliphatic carbocycles. The lowest BCUT2D eigenvalue weighted by Gasteiger charge is -2.11. The molecule has 0 aliphatic heterocycles. The van der Waals surface area contributed by atoms with Gasteiger partial charge in [0.15, 0.2) is 0 Å². The molecule has 0 bridgehead atoms. The highest BCUT2D eigenvalue weighted by Gasteiger charge is 1.94. The minimum absolute atomic E-state index is 0.854. The number of aromatic nitrogens is 1. The van der Waals surface area contributed by atoms with Crippen LogP contribution in [-0.4, -0.2) is 19.1 Å². The van der Waals surface area contributed by atoms with Crippen LogP contribution in [-0.2, 0) is 0 Å². The molecule has 0 atom stereocenters. The summed E-state index contributed by atoms with van der Waals surface area (Å²) in [5.74, 6) is 0. The maximum Gasteiger partial charge on any atom is 0.106 e. The van der Waals surface area contributed by atoms with Crippen LogP contribution >= 0.6 is 15.9 Å². The largest absolute Gasteiger partial charge is 0.378 e. The summed E-state index contributed by atoms with van der Waals surface area (Å²) < 4.78 is 0.854. The lowest BCUT2D eigenvalue weighted by atomic mass is 10.1. The van der Waals surface area contributed by atoms with Crippen molar-refractivity contribution in [3.63, 3.8) is 0 Å². The highest BCUT2D eigenvalue weighted by atomic mass is 79.9. The maximum absolute atomic E-state index is 4.36. The van der Waals surface area contributed by atoms with E-state index in [4.69, 9.17) is 0 Å². The molecular formula is C15H15BrN2. The van der Waals surface area contributed by atoms with Crippen LogP contribution in [0.3, 0.4) is 0 Å². The molecular weight excluding hydrogens is 288 g/mol. The molecule has 1 aromatic carbocycles. The van der Waals surface area contributed by atoms with E-state index in [0.29, 0.717) is 0 Å². The van der Waals surface area contributed by atoms with Gasteiger partial charge >= 0.3 is 0 Å². The number of pyridine rings is 1. The number of hydrogen-bond acceptors (Lipinski definition) is 2. The average molecular weight is 303 g/mol. The number of benzene rings is 1. The Kier molecular flexibility index (Phi) is 4.15. The van der Waals surface area contributed by atoms with Crippen molar-refractivity contribution in [3.05, 3.63) is 58.3 Å². The van der Waals surface area contributed by atoms with Crippen LogP contribution in [0, 0.1) is 0 Å². The summed E-state index contributed by atoms with van der Waals surface area (Å²) in [5, 5.41) is 0. The van der Waals surface area contributed by atoms with E-state index in [1.54, 1.807) is 0 Å². The second kappa shape index (κ2) is 5.83. The molecule has 0 saturated carbocycles. The zero-order valence-electron chi connectivity index (χ0n) is 10.5. The van der Waals surface area contributed by atoms with Gasteiger partial charge in [0, 0.05) is 19.8 Å². The van der Waals surface area contributed by atoms with E-state index in [0.717, 1.165) is 10.3 Å². The van der Waals surface area contributed by atoms with Crippen molar-refractivity contribution in [2.24, 2.45) is 0 Å². The molecule has 1 heterocycles. The van der Waals surface area contributed by atoms with Crippen molar-refractivity contribution in [2.45, 2.75) is 0 Å². The highest BCUT2D eigenvalue weighted by molar-refractivity contribution is 9.10. The summed E-state index contributed by atoms with van der Waals surface area (Å²) in [4.78, 5) is 6.44. The van der Waals surface area contributed by atoms with Crippen LogP contribution in [0.5, 0.6) is 0 Å². The predicted octanol–water partition coefficient (Wildman–Crippen LogP) is 4.08. The van der Waals surface area contributed by atoms with E-state index in [9.17, 15) is 0 Å². The average Bonchev–Trinajstić information content (AvgIpc) is 2.37. The van der Waals surface area contributed by atoms with Crippen molar-refractivity contribution >= 4 is 33.8 Å². The Morgan fingerprint density at radius 3 is 2.33 bits per heavy atom. The molecule has 0 fully saturated rings. The van der Waals surface area contributed by atoms with Crippen LogP contribution in [0.2, 0.25) is 0 Å². The molecule has 0 amide bonds. The molecule has 2 rings (SSSR count). The lowest BCUT2D eigenvalue weighted by Crippen LogP contribution is -2.07. The highest BCUT2D eigenvalue weighted by Crippen LogP contribution is 2.14. The van der Waals surface area contributed by atoms with E-state index in [1.165, 1.54) is 11.3 Å². The Morgan fingerprint density at radius 1 is 1.00 bits per heavy atom. The fourth-order valence-corrected chi connectivity index (χ4v) is 1.94. The third-order valence-electron chi connectivity index (χ3n) is 2.59. The number of halogens is 1. The Morgan fingerprint density at radius 2 is 1.72 bits per heavy atom. The summed E-state index contributed by atoms with van der Waals surface area (Å²) in [6.07, 6.45) is 4.07. The van der Waals surface area contributed by atoms with Crippen LogP contribution in [0.15, 0.2) is 47.1 Å². The van der Waals surface area contributed by atoms with Gasteiger partial charge in [0.25, 0.3) is 0 Å². The van der Waals surface area contributed by atoms with Crippen LogP contribution in [0.1, 0.15) is 11.3 Å². The van der Waals surface area contributed by atoms with Crippen LogP contribution in [0.4, 0.5) is 5.69 Å². The van der Waals surface area contributed by atoms with Crippen molar-refractivity contribution in [1.29, 1.82) is 0 Å². The zero-order chi connectivity index (χ0) is 13.0. The Balaban J connectivity index is 2.14. The molecule has 0 N–H and O–H groups in total. The lowest BCUT2D eigenvalue weighted by molar-refractivity contribution is 1.13. The molecule has 92 valence electrons. The molecule has 0 saturated heterocycles. The summed E-state index contributed by atoms with van der Waals surface area (Å²) in [6.45, 7) is 0. The van der Waals surface area contributed by atoms with E-state index in [1.807, 2.05) is 38.4 Å². The molecule has 2 aromatic rings. The smallest absolute Gasteiger partial charge is 0.106 e. The second-order valence-corrected chi connectivity index (χ2v) is 5.02. The Hall–Kier alpha value is -1.61. The molecule has 3 heteroatoms. The third kappa shape index (κ3) is 3.44. The summed E-state index contributed by atoms with van der Waals surface area (Å²) in [7, 11) is 4.08. The van der Waals surface area contributed by atoms with Gasteiger partial charge in [-0.1, -0.05) is 24.3 Å². The van der Waals surface area contributed by atoms with Gasteiger partial charge in [-0.2, -0.15) is 0 Å². The Bertz CT molecular complexity index is 545. The van der Waals surface area contributed by atoms with Crippen molar-refractivity contribution < 1.29 is 0 Å². The van der Waals surface area contributed by atoms with Gasteiger partial charge in [-0.05, 0) is 51.8 Å². The monoisotopic (exact) mass is 302 g/mol. The van der Waals surface area contributed by atoms with E-state index >= 15 is 0 Å². The summed E-state index contributed by atoms with van der Waals surface area (Å²) in [5.41, 5.74) is 3.32.